The number of nitrogens with two attached hydrogens (primary N) is 1. The Morgan fingerprint density at radius 2 is 1.81 bits per heavy atom. The second-order valence-corrected chi connectivity index (χ2v) is 9.73. The predicted octanol–water partition coefficient (Wildman–Crippen LogP) is -1.19. The molecule has 0 aliphatic carbocycles. The number of carbonyl (C=O) groups is 4. The Morgan fingerprint density at radius 3 is 2.26 bits per heavy atom. The van der Waals surface area contributed by atoms with E-state index in [0.29, 0.717) is 6.42 Å². The van der Waals surface area contributed by atoms with Crippen molar-refractivity contribution in [2.45, 2.75) is 56.5 Å². The molecule has 1 heterocycles. The number of aliphatic carboxylic acids is 2. The van der Waals surface area contributed by atoms with Crippen LogP contribution < -0.4 is 11.1 Å². The van der Waals surface area contributed by atoms with Gasteiger partial charge >= 0.3 is 11.9 Å². The molecule has 0 saturated carbocycles. The molecule has 12 nitrogen and oxygen atoms in total. The van der Waals surface area contributed by atoms with Crippen molar-refractivity contribution in [1.82, 2.24) is 10.2 Å². The molecule has 31 heavy (non-hydrogen) atoms. The highest BCUT2D eigenvalue weighted by atomic mass is 32.2. The number of rotatable bonds is 11. The largest absolute Gasteiger partial charge is 0.481 e. The highest BCUT2D eigenvalue weighted by Crippen LogP contribution is 2.27. The molecule has 1 aliphatic rings. The number of likely N-dealkylation sites (tertiary alicyclic amines) is 1. The average molecular weight is 484 g/mol. The van der Waals surface area contributed by atoms with Gasteiger partial charge in [0, 0.05) is 12.6 Å². The molecule has 1 fully saturated rings. The van der Waals surface area contributed by atoms with Gasteiger partial charge in [0.1, 0.15) is 12.1 Å². The lowest BCUT2D eigenvalue weighted by molar-refractivity contribution is -0.156. The first-order valence-electron chi connectivity index (χ1n) is 9.66. The molecular weight excluding hydrogens is 454 g/mol. The van der Waals surface area contributed by atoms with Crippen LogP contribution in [0.2, 0.25) is 0 Å². The molecule has 0 bridgehead atoms. The van der Waals surface area contributed by atoms with Crippen molar-refractivity contribution < 1.29 is 42.4 Å². The van der Waals surface area contributed by atoms with E-state index in [4.69, 9.17) is 10.3 Å². The number of carbonyl (C=O) groups excluding carboxylic acids is 2. The molecule has 0 aromatic carbocycles. The van der Waals surface area contributed by atoms with Crippen LogP contribution in [0.5, 0.6) is 0 Å². The lowest BCUT2D eigenvalue weighted by Gasteiger charge is -2.32. The lowest BCUT2D eigenvalue weighted by Crippen LogP contribution is -2.57. The Labute approximate surface area is 185 Å². The van der Waals surface area contributed by atoms with Crippen molar-refractivity contribution in [2.75, 3.05) is 12.3 Å². The fourth-order valence-electron chi connectivity index (χ4n) is 3.34. The Bertz CT molecular complexity index is 805. The van der Waals surface area contributed by atoms with Crippen LogP contribution in [0.15, 0.2) is 0 Å². The first-order valence-corrected chi connectivity index (χ1v) is 11.8. The van der Waals surface area contributed by atoms with Gasteiger partial charge in [-0.2, -0.15) is 21.0 Å². The topological polar surface area (TPSA) is 204 Å². The second kappa shape index (κ2) is 11.1. The monoisotopic (exact) mass is 483 g/mol. The molecular formula is C17H29N3O9S2. The maximum absolute atomic E-state index is 13.1. The van der Waals surface area contributed by atoms with Gasteiger partial charge < -0.3 is 26.2 Å². The summed E-state index contributed by atoms with van der Waals surface area (Å²) < 4.78 is 30.5. The molecule has 0 unspecified atom stereocenters. The third-order valence-electron chi connectivity index (χ3n) is 5.41. The maximum Gasteiger partial charge on any atom is 0.327 e. The Morgan fingerprint density at radius 1 is 1.23 bits per heavy atom. The van der Waals surface area contributed by atoms with E-state index >= 15 is 0 Å². The minimum absolute atomic E-state index is 0.0328. The van der Waals surface area contributed by atoms with E-state index in [-0.39, 0.29) is 19.4 Å². The molecule has 0 aromatic rings. The summed E-state index contributed by atoms with van der Waals surface area (Å²) in [6.07, 6.45) is 0.154. The molecule has 178 valence electrons. The molecule has 6 N–H and O–H groups in total. The van der Waals surface area contributed by atoms with Gasteiger partial charge in [-0.1, -0.05) is 20.3 Å². The average Bonchev–Trinajstić information content (AvgIpc) is 3.13. The zero-order chi connectivity index (χ0) is 24.1. The van der Waals surface area contributed by atoms with E-state index in [9.17, 15) is 37.8 Å². The summed E-state index contributed by atoms with van der Waals surface area (Å²) in [6.45, 7) is 3.33. The lowest BCUT2D eigenvalue weighted by atomic mass is 9.96. The number of amides is 2. The summed E-state index contributed by atoms with van der Waals surface area (Å²) in [5, 5.41) is 20.0. The van der Waals surface area contributed by atoms with Gasteiger partial charge in [0.2, 0.25) is 11.8 Å². The quantitative estimate of drug-likeness (QED) is 0.153. The van der Waals surface area contributed by atoms with E-state index in [1.165, 1.54) is 0 Å². The first kappa shape index (κ1) is 27.1. The van der Waals surface area contributed by atoms with Gasteiger partial charge in [-0.25, -0.2) is 4.79 Å². The summed E-state index contributed by atoms with van der Waals surface area (Å²) in [6, 6.07) is -3.76. The third kappa shape index (κ3) is 7.33. The molecule has 0 radical (unpaired) electrons. The molecule has 14 heteroatoms. The second-order valence-electron chi connectivity index (χ2n) is 7.60. The van der Waals surface area contributed by atoms with Crippen molar-refractivity contribution in [3.63, 3.8) is 0 Å². The van der Waals surface area contributed by atoms with E-state index in [0.717, 1.165) is 4.90 Å². The van der Waals surface area contributed by atoms with Crippen LogP contribution in [0.4, 0.5) is 0 Å². The zero-order valence-electron chi connectivity index (χ0n) is 17.2. The number of thiol groups is 1. The number of carboxylic acid groups (broad SMARTS) is 2. The minimum atomic E-state index is -4.28. The SMILES string of the molecule is CC[C@H](C)[C@H](NC(=O)[C@H](S)[C@H](N)CCS(=O)(=O)O)C(=O)N1CC[C@@H](C(=O)O)[C@H]1C(=O)O. The minimum Gasteiger partial charge on any atom is -0.481 e. The summed E-state index contributed by atoms with van der Waals surface area (Å²) in [4.78, 5) is 49.6. The van der Waals surface area contributed by atoms with Gasteiger partial charge in [0.15, 0.2) is 0 Å². The van der Waals surface area contributed by atoms with Crippen LogP contribution in [-0.4, -0.2) is 87.5 Å². The molecule has 1 aliphatic heterocycles. The zero-order valence-corrected chi connectivity index (χ0v) is 18.9. The Balaban J connectivity index is 3.00. The number of hydrogen-bond acceptors (Lipinski definition) is 8. The molecule has 0 spiro atoms. The van der Waals surface area contributed by atoms with Crippen LogP contribution in [-0.2, 0) is 29.3 Å². The number of hydrogen-bond donors (Lipinski definition) is 6. The van der Waals surface area contributed by atoms with Crippen molar-refractivity contribution in [3.05, 3.63) is 0 Å². The van der Waals surface area contributed by atoms with Crippen LogP contribution in [0, 0.1) is 11.8 Å². The number of nitrogens with zero attached hydrogens (tertiary/aromatic N) is 1. The van der Waals surface area contributed by atoms with Gasteiger partial charge in [-0.15, -0.1) is 0 Å². The standard InChI is InChI=1S/C17H29N3O9S2/c1-3-8(2)11(19-14(21)13(30)10(18)5-7-31(27,28)29)15(22)20-6-4-9(16(23)24)12(20)17(25)26/h8-13,30H,3-7,18H2,1-2H3,(H,19,21)(H,23,24)(H,25,26)(H,27,28,29)/t8-,9+,10+,11-,12-,13+/m0/s1. The first-order chi connectivity index (χ1) is 14.2. The van der Waals surface area contributed by atoms with Crippen molar-refractivity contribution in [3.8, 4) is 0 Å². The summed E-state index contributed by atoms with van der Waals surface area (Å²) >= 11 is 4.08. The molecule has 2 amide bonds. The van der Waals surface area contributed by atoms with Crippen LogP contribution in [0.3, 0.4) is 0 Å². The fraction of sp³-hybridized carbons (Fsp3) is 0.765. The maximum atomic E-state index is 13.1. The van der Waals surface area contributed by atoms with E-state index < -0.39 is 74.8 Å². The summed E-state index contributed by atoms with van der Waals surface area (Å²) in [5.41, 5.74) is 5.77. The van der Waals surface area contributed by atoms with Crippen LogP contribution >= 0.6 is 12.6 Å². The van der Waals surface area contributed by atoms with E-state index in [1.54, 1.807) is 13.8 Å². The molecule has 1 rings (SSSR count). The number of nitrogens with one attached hydrogen (secondary N) is 1. The predicted molar refractivity (Wildman–Crippen MR) is 112 cm³/mol. The van der Waals surface area contributed by atoms with Crippen molar-refractivity contribution in [1.29, 1.82) is 0 Å². The fourth-order valence-corrected chi connectivity index (χ4v) is 4.13. The van der Waals surface area contributed by atoms with Gasteiger partial charge in [0.25, 0.3) is 10.1 Å². The number of carboxylic acids is 2. The van der Waals surface area contributed by atoms with E-state index in [2.05, 4.69) is 17.9 Å². The van der Waals surface area contributed by atoms with Crippen molar-refractivity contribution in [2.24, 2.45) is 17.6 Å². The highest BCUT2D eigenvalue weighted by Gasteiger charge is 2.48. The summed E-state index contributed by atoms with van der Waals surface area (Å²) in [5.74, 6) is -6.64. The van der Waals surface area contributed by atoms with Crippen molar-refractivity contribution >= 4 is 46.5 Å². The third-order valence-corrected chi connectivity index (χ3v) is 6.78. The highest BCUT2D eigenvalue weighted by molar-refractivity contribution is 7.85. The smallest absolute Gasteiger partial charge is 0.327 e. The van der Waals surface area contributed by atoms with Gasteiger partial charge in [0.05, 0.1) is 16.9 Å². The van der Waals surface area contributed by atoms with Crippen LogP contribution in [0.1, 0.15) is 33.1 Å². The Hall–Kier alpha value is -1.90. The normalized spacial score (nSPS) is 22.9. The molecule has 6 atom stereocenters. The van der Waals surface area contributed by atoms with Crippen LogP contribution in [0.25, 0.3) is 0 Å². The van der Waals surface area contributed by atoms with Gasteiger partial charge in [-0.3, -0.25) is 18.9 Å². The molecule has 0 aromatic heterocycles. The van der Waals surface area contributed by atoms with Gasteiger partial charge in [-0.05, 0) is 18.8 Å². The Kier molecular flexibility index (Phi) is 9.72. The molecule has 1 saturated heterocycles. The van der Waals surface area contributed by atoms with E-state index in [1.807, 2.05) is 0 Å². The summed E-state index contributed by atoms with van der Waals surface area (Å²) in [7, 11) is -4.28.